The Bertz CT molecular complexity index is 497. The minimum Gasteiger partial charge on any atom is -0.388 e. The van der Waals surface area contributed by atoms with Gasteiger partial charge < -0.3 is 45.1 Å². The monoisotopic (exact) mass is 400 g/mol. The summed E-state index contributed by atoms with van der Waals surface area (Å²) in [5.41, 5.74) is 0. The lowest BCUT2D eigenvalue weighted by Crippen LogP contribution is -2.52. The number of carbonyl (C=O) groups is 1. The SMILES string of the molecule is O=C(COP(=O)(O)O)[C@@H](O)[C@H](O)[C@H](O)[C@H](O)[C@@H](O)COP(=O)(O)O. The van der Waals surface area contributed by atoms with Crippen molar-refractivity contribution in [2.75, 3.05) is 13.2 Å². The van der Waals surface area contributed by atoms with Crippen molar-refractivity contribution in [3.8, 4) is 0 Å². The van der Waals surface area contributed by atoms with E-state index in [0.717, 1.165) is 0 Å². The van der Waals surface area contributed by atoms with Crippen LogP contribution < -0.4 is 0 Å². The maximum absolute atomic E-state index is 11.3. The molecule has 0 heterocycles. The van der Waals surface area contributed by atoms with Gasteiger partial charge in [0, 0.05) is 0 Å². The van der Waals surface area contributed by atoms with Crippen LogP contribution in [0.25, 0.3) is 0 Å². The van der Waals surface area contributed by atoms with E-state index in [1.807, 2.05) is 0 Å². The van der Waals surface area contributed by atoms with Gasteiger partial charge in [-0.1, -0.05) is 0 Å². The number of phosphoric acid groups is 2. The van der Waals surface area contributed by atoms with Crippen molar-refractivity contribution < 1.29 is 68.1 Å². The summed E-state index contributed by atoms with van der Waals surface area (Å²) in [5, 5.41) is 47.2. The highest BCUT2D eigenvalue weighted by Gasteiger charge is 2.38. The summed E-state index contributed by atoms with van der Waals surface area (Å²) in [6.45, 7) is -2.48. The van der Waals surface area contributed by atoms with E-state index in [1.54, 1.807) is 0 Å². The fourth-order valence-electron chi connectivity index (χ4n) is 1.31. The molecule has 0 aliphatic heterocycles. The highest BCUT2D eigenvalue weighted by atomic mass is 31.2. The largest absolute Gasteiger partial charge is 0.470 e. The molecule has 0 bridgehead atoms. The van der Waals surface area contributed by atoms with Crippen LogP contribution in [0.1, 0.15) is 0 Å². The first-order valence-corrected chi connectivity index (χ1v) is 9.05. The minimum atomic E-state index is -5.03. The molecular weight excluding hydrogens is 382 g/mol. The molecule has 0 aromatic carbocycles. The molecule has 0 radical (unpaired) electrons. The summed E-state index contributed by atoms with van der Waals surface area (Å²) in [5.74, 6) is -1.46. The molecule has 9 N–H and O–H groups in total. The molecule has 0 saturated heterocycles. The number of carbonyl (C=O) groups excluding carboxylic acids is 1. The topological polar surface area (TPSA) is 252 Å². The van der Waals surface area contributed by atoms with Gasteiger partial charge in [0.15, 0.2) is 5.78 Å². The van der Waals surface area contributed by atoms with Gasteiger partial charge in [-0.05, 0) is 0 Å². The molecular formula is C8H18O14P2. The Morgan fingerprint density at radius 1 is 0.792 bits per heavy atom. The van der Waals surface area contributed by atoms with E-state index in [2.05, 4.69) is 9.05 Å². The van der Waals surface area contributed by atoms with E-state index in [-0.39, 0.29) is 0 Å². The van der Waals surface area contributed by atoms with Crippen molar-refractivity contribution in [3.63, 3.8) is 0 Å². The Labute approximate surface area is 134 Å². The lowest BCUT2D eigenvalue weighted by molar-refractivity contribution is -0.156. The molecule has 0 fully saturated rings. The zero-order valence-corrected chi connectivity index (χ0v) is 13.6. The van der Waals surface area contributed by atoms with Gasteiger partial charge in [-0.25, -0.2) is 9.13 Å². The molecule has 16 heteroatoms. The van der Waals surface area contributed by atoms with Crippen molar-refractivity contribution in [1.29, 1.82) is 0 Å². The van der Waals surface area contributed by atoms with Gasteiger partial charge in [0.05, 0.1) is 6.61 Å². The normalized spacial score (nSPS) is 19.4. The number of aliphatic hydroxyl groups excluding tert-OH is 5. The first kappa shape index (κ1) is 23.7. The van der Waals surface area contributed by atoms with Crippen molar-refractivity contribution in [1.82, 2.24) is 0 Å². The predicted octanol–water partition coefficient (Wildman–Crippen LogP) is -4.42. The van der Waals surface area contributed by atoms with E-state index in [0.29, 0.717) is 0 Å². The van der Waals surface area contributed by atoms with Crippen LogP contribution in [0.4, 0.5) is 0 Å². The number of hydrogen-bond acceptors (Lipinski definition) is 10. The van der Waals surface area contributed by atoms with Crippen LogP contribution in [0.5, 0.6) is 0 Å². The highest BCUT2D eigenvalue weighted by Crippen LogP contribution is 2.36. The van der Waals surface area contributed by atoms with Crippen LogP contribution >= 0.6 is 15.6 Å². The van der Waals surface area contributed by atoms with Crippen LogP contribution in [0.2, 0.25) is 0 Å². The van der Waals surface area contributed by atoms with Crippen molar-refractivity contribution in [2.24, 2.45) is 0 Å². The quantitative estimate of drug-likeness (QED) is 0.148. The van der Waals surface area contributed by atoms with E-state index in [4.69, 9.17) is 19.6 Å². The molecule has 0 spiro atoms. The standard InChI is InChI=1S/C8H18O14P2/c9-3(1-21-23(15,16)17)5(11)7(13)8(14)6(12)4(10)2-22-24(18,19)20/h3,5-9,11-14H,1-2H2,(H2,15,16,17)(H2,18,19,20)/t3-,5+,6+,7+,8-/m0/s1. The molecule has 144 valence electrons. The molecule has 14 nitrogen and oxygen atoms in total. The smallest absolute Gasteiger partial charge is 0.388 e. The first-order valence-electron chi connectivity index (χ1n) is 5.99. The van der Waals surface area contributed by atoms with Gasteiger partial charge in [-0.15, -0.1) is 0 Å². The van der Waals surface area contributed by atoms with E-state index < -0.39 is 65.2 Å². The summed E-state index contributed by atoms with van der Waals surface area (Å²) in [4.78, 5) is 44.9. The molecule has 0 aliphatic rings. The average Bonchev–Trinajstić information content (AvgIpc) is 2.45. The van der Waals surface area contributed by atoms with Crippen LogP contribution in [-0.4, -0.2) is 94.6 Å². The Kier molecular flexibility index (Phi) is 9.28. The fourth-order valence-corrected chi connectivity index (χ4v) is 1.95. The number of ketones is 1. The summed E-state index contributed by atoms with van der Waals surface area (Å²) in [6.07, 6.45) is -11.7. The van der Waals surface area contributed by atoms with Crippen LogP contribution in [0.3, 0.4) is 0 Å². The first-order chi connectivity index (χ1) is 10.7. The Hall–Kier alpha value is -0.310. The highest BCUT2D eigenvalue weighted by molar-refractivity contribution is 7.46. The Balaban J connectivity index is 4.65. The zero-order chi connectivity index (χ0) is 19.3. The molecule has 0 saturated carbocycles. The third-order valence-electron chi connectivity index (χ3n) is 2.54. The molecule has 0 aromatic rings. The van der Waals surface area contributed by atoms with Crippen LogP contribution in [-0.2, 0) is 23.0 Å². The number of hydrogen-bond donors (Lipinski definition) is 9. The third-order valence-corrected chi connectivity index (χ3v) is 3.49. The van der Waals surface area contributed by atoms with Gasteiger partial charge in [0.25, 0.3) is 0 Å². The van der Waals surface area contributed by atoms with Crippen LogP contribution in [0, 0.1) is 0 Å². The number of aliphatic hydroxyl groups is 5. The maximum Gasteiger partial charge on any atom is 0.470 e. The van der Waals surface area contributed by atoms with E-state index >= 15 is 0 Å². The van der Waals surface area contributed by atoms with E-state index in [1.165, 1.54) is 0 Å². The van der Waals surface area contributed by atoms with Gasteiger partial charge in [0.2, 0.25) is 0 Å². The minimum absolute atomic E-state index is 1.15. The zero-order valence-electron chi connectivity index (χ0n) is 11.8. The number of rotatable bonds is 11. The molecule has 0 aromatic heterocycles. The fraction of sp³-hybridized carbons (Fsp3) is 0.875. The van der Waals surface area contributed by atoms with Crippen molar-refractivity contribution in [3.05, 3.63) is 0 Å². The maximum atomic E-state index is 11.3. The lowest BCUT2D eigenvalue weighted by Gasteiger charge is -2.28. The number of phosphoric ester groups is 2. The molecule has 0 rings (SSSR count). The Morgan fingerprint density at radius 2 is 1.25 bits per heavy atom. The summed E-state index contributed by atoms with van der Waals surface area (Å²) >= 11 is 0. The second-order valence-corrected chi connectivity index (χ2v) is 6.98. The lowest BCUT2D eigenvalue weighted by atomic mass is 9.97. The van der Waals surface area contributed by atoms with Gasteiger partial charge in [-0.3, -0.25) is 13.8 Å². The van der Waals surface area contributed by atoms with Gasteiger partial charge >= 0.3 is 15.6 Å². The van der Waals surface area contributed by atoms with Gasteiger partial charge in [-0.2, -0.15) is 0 Å². The second kappa shape index (κ2) is 9.40. The van der Waals surface area contributed by atoms with Crippen LogP contribution in [0.15, 0.2) is 0 Å². The van der Waals surface area contributed by atoms with Crippen molar-refractivity contribution >= 4 is 21.4 Å². The summed E-state index contributed by atoms with van der Waals surface area (Å²) < 4.78 is 28.4. The Morgan fingerprint density at radius 3 is 1.67 bits per heavy atom. The van der Waals surface area contributed by atoms with E-state index in [9.17, 15) is 39.5 Å². The molecule has 0 aliphatic carbocycles. The second-order valence-electron chi connectivity index (χ2n) is 4.50. The van der Waals surface area contributed by atoms with Gasteiger partial charge in [0.1, 0.15) is 37.1 Å². The molecule has 0 unspecified atom stereocenters. The summed E-state index contributed by atoms with van der Waals surface area (Å²) in [7, 11) is -10.0. The molecule has 5 atom stereocenters. The molecule has 24 heavy (non-hydrogen) atoms. The number of Topliss-reactive ketones (excluding diaryl/α,β-unsaturated/α-hetero) is 1. The van der Waals surface area contributed by atoms with Crippen molar-refractivity contribution in [2.45, 2.75) is 30.5 Å². The predicted molar refractivity (Wildman–Crippen MR) is 71.0 cm³/mol. The molecule has 0 amide bonds. The summed E-state index contributed by atoms with van der Waals surface area (Å²) in [6, 6.07) is 0. The average molecular weight is 400 g/mol. The third kappa shape index (κ3) is 9.25.